The van der Waals surface area contributed by atoms with E-state index in [4.69, 9.17) is 14.2 Å². The van der Waals surface area contributed by atoms with Gasteiger partial charge < -0.3 is 14.2 Å². The number of ether oxygens (including phenoxy) is 3. The topological polar surface area (TPSA) is 27.7 Å². The largest absolute Gasteiger partial charge is 0.385 e. The first-order valence-corrected chi connectivity index (χ1v) is 9.16. The summed E-state index contributed by atoms with van der Waals surface area (Å²) in [5, 5.41) is 0. The molecule has 1 saturated heterocycles. The first-order valence-electron chi connectivity index (χ1n) is 9.16. The minimum absolute atomic E-state index is 0.102. The molecule has 0 amide bonds. The van der Waals surface area contributed by atoms with Gasteiger partial charge in [-0.15, -0.1) is 0 Å². The van der Waals surface area contributed by atoms with Gasteiger partial charge in [0.2, 0.25) is 0 Å². The Kier molecular flexibility index (Phi) is 7.26. The highest BCUT2D eigenvalue weighted by Gasteiger charge is 2.25. The van der Waals surface area contributed by atoms with Crippen molar-refractivity contribution in [2.24, 2.45) is 5.92 Å². The Morgan fingerprint density at radius 3 is 2.24 bits per heavy atom. The zero-order valence-electron chi connectivity index (χ0n) is 15.8. The molecule has 0 aliphatic carbocycles. The van der Waals surface area contributed by atoms with Crippen LogP contribution in [0.4, 0.5) is 17.6 Å². The number of hydrogen-bond acceptors (Lipinski definition) is 3. The van der Waals surface area contributed by atoms with Crippen LogP contribution in [0.1, 0.15) is 35.8 Å². The second-order valence-corrected chi connectivity index (χ2v) is 6.74. The molecular formula is C22H20F4O3. The fraction of sp³-hybridized carbons (Fsp3) is 0.364. The van der Waals surface area contributed by atoms with Crippen LogP contribution in [-0.2, 0) is 14.2 Å². The van der Waals surface area contributed by atoms with Crippen LogP contribution in [-0.4, -0.2) is 26.9 Å². The molecule has 7 heteroatoms. The van der Waals surface area contributed by atoms with E-state index in [1.807, 2.05) is 0 Å². The number of rotatable bonds is 5. The Balaban J connectivity index is 1.69. The van der Waals surface area contributed by atoms with Crippen molar-refractivity contribution < 1.29 is 31.8 Å². The third-order valence-corrected chi connectivity index (χ3v) is 4.52. The molecule has 29 heavy (non-hydrogen) atoms. The Bertz CT molecular complexity index is 889. The summed E-state index contributed by atoms with van der Waals surface area (Å²) in [6, 6.07) is 5.19. The quantitative estimate of drug-likeness (QED) is 0.407. The molecule has 0 saturated carbocycles. The number of benzene rings is 2. The Labute approximate surface area is 166 Å². The molecule has 1 heterocycles. The highest BCUT2D eigenvalue weighted by molar-refractivity contribution is 5.45. The first kappa shape index (κ1) is 21.3. The second kappa shape index (κ2) is 9.88. The molecule has 2 aromatic rings. The van der Waals surface area contributed by atoms with Gasteiger partial charge in [0.25, 0.3) is 0 Å². The Morgan fingerprint density at radius 1 is 0.931 bits per heavy atom. The van der Waals surface area contributed by atoms with Gasteiger partial charge in [0, 0.05) is 30.8 Å². The van der Waals surface area contributed by atoms with E-state index in [0.29, 0.717) is 19.8 Å². The molecule has 0 radical (unpaired) electrons. The van der Waals surface area contributed by atoms with Gasteiger partial charge in [-0.05, 0) is 43.2 Å². The lowest BCUT2D eigenvalue weighted by atomic mass is 10.0. The van der Waals surface area contributed by atoms with Crippen LogP contribution in [0.3, 0.4) is 0 Å². The summed E-state index contributed by atoms with van der Waals surface area (Å²) in [5.74, 6) is 1.09. The van der Waals surface area contributed by atoms with Gasteiger partial charge in [-0.2, -0.15) is 0 Å². The van der Waals surface area contributed by atoms with E-state index in [9.17, 15) is 17.6 Å². The van der Waals surface area contributed by atoms with Crippen LogP contribution in [0.15, 0.2) is 30.3 Å². The van der Waals surface area contributed by atoms with E-state index < -0.39 is 35.1 Å². The number of methoxy groups -OCH3 is 1. The summed E-state index contributed by atoms with van der Waals surface area (Å²) < 4.78 is 71.1. The third kappa shape index (κ3) is 5.57. The first-order chi connectivity index (χ1) is 14.0. The van der Waals surface area contributed by atoms with Gasteiger partial charge in [-0.1, -0.05) is 11.8 Å². The predicted molar refractivity (Wildman–Crippen MR) is 97.9 cm³/mol. The Hall–Kier alpha value is -2.40. The summed E-state index contributed by atoms with van der Waals surface area (Å²) in [6.45, 7) is 1.51. The average molecular weight is 408 g/mol. The van der Waals surface area contributed by atoms with E-state index >= 15 is 0 Å². The van der Waals surface area contributed by atoms with Crippen molar-refractivity contribution in [3.63, 3.8) is 0 Å². The zero-order valence-corrected chi connectivity index (χ0v) is 15.8. The fourth-order valence-corrected chi connectivity index (χ4v) is 2.98. The molecule has 0 aromatic heterocycles. The highest BCUT2D eigenvalue weighted by atomic mass is 19.2. The van der Waals surface area contributed by atoms with Gasteiger partial charge >= 0.3 is 0 Å². The maximum atomic E-state index is 14.4. The monoisotopic (exact) mass is 408 g/mol. The maximum absolute atomic E-state index is 14.4. The van der Waals surface area contributed by atoms with Crippen LogP contribution in [0.2, 0.25) is 0 Å². The molecule has 0 bridgehead atoms. The minimum atomic E-state index is -1.08. The van der Waals surface area contributed by atoms with Crippen molar-refractivity contribution in [3.05, 3.63) is 70.3 Å². The van der Waals surface area contributed by atoms with Crippen molar-refractivity contribution in [2.45, 2.75) is 19.1 Å². The molecule has 3 nitrogen and oxygen atoms in total. The summed E-state index contributed by atoms with van der Waals surface area (Å²) in [6.07, 6.45) is 0.903. The van der Waals surface area contributed by atoms with E-state index in [1.54, 1.807) is 7.11 Å². The van der Waals surface area contributed by atoms with Crippen molar-refractivity contribution >= 4 is 0 Å². The molecule has 0 spiro atoms. The molecule has 1 fully saturated rings. The summed E-state index contributed by atoms with van der Waals surface area (Å²) in [5.41, 5.74) is -0.148. The summed E-state index contributed by atoms with van der Waals surface area (Å²) >= 11 is 0. The zero-order chi connectivity index (χ0) is 20.8. The van der Waals surface area contributed by atoms with Crippen molar-refractivity contribution in [1.82, 2.24) is 0 Å². The average Bonchev–Trinajstić information content (AvgIpc) is 2.70. The number of hydrogen-bond donors (Lipinski definition) is 0. The molecule has 3 rings (SSSR count). The predicted octanol–water partition coefficient (Wildman–Crippen LogP) is 4.73. The van der Waals surface area contributed by atoms with Crippen molar-refractivity contribution in [1.29, 1.82) is 0 Å². The Morgan fingerprint density at radius 2 is 1.62 bits per heavy atom. The molecule has 1 aliphatic rings. The third-order valence-electron chi connectivity index (χ3n) is 4.52. The van der Waals surface area contributed by atoms with Gasteiger partial charge in [-0.25, -0.2) is 17.6 Å². The number of halogens is 4. The SMILES string of the molecule is COCCC[C@H]1CO[C@H](c2cc(F)c(C#Cc3ccc(F)c(F)c3)c(F)c2)OC1. The van der Waals surface area contributed by atoms with E-state index in [1.165, 1.54) is 6.07 Å². The van der Waals surface area contributed by atoms with Crippen molar-refractivity contribution in [3.8, 4) is 11.8 Å². The van der Waals surface area contributed by atoms with Crippen LogP contribution in [0.25, 0.3) is 0 Å². The van der Waals surface area contributed by atoms with Crippen LogP contribution in [0.5, 0.6) is 0 Å². The van der Waals surface area contributed by atoms with Gasteiger partial charge in [0.05, 0.1) is 18.8 Å². The van der Waals surface area contributed by atoms with E-state index in [-0.39, 0.29) is 17.0 Å². The minimum Gasteiger partial charge on any atom is -0.385 e. The van der Waals surface area contributed by atoms with Crippen LogP contribution in [0, 0.1) is 41.0 Å². The van der Waals surface area contributed by atoms with Gasteiger partial charge in [0.1, 0.15) is 11.6 Å². The molecule has 1 aliphatic heterocycles. The van der Waals surface area contributed by atoms with E-state index in [0.717, 1.165) is 37.1 Å². The normalized spacial score (nSPS) is 18.9. The van der Waals surface area contributed by atoms with Crippen molar-refractivity contribution in [2.75, 3.05) is 26.9 Å². The van der Waals surface area contributed by atoms with E-state index in [2.05, 4.69) is 11.8 Å². The lowest BCUT2D eigenvalue weighted by Gasteiger charge is -2.29. The lowest BCUT2D eigenvalue weighted by molar-refractivity contribution is -0.206. The maximum Gasteiger partial charge on any atom is 0.184 e. The molecule has 0 unspecified atom stereocenters. The van der Waals surface area contributed by atoms with Crippen LogP contribution < -0.4 is 0 Å². The molecule has 0 N–H and O–H groups in total. The van der Waals surface area contributed by atoms with Crippen LogP contribution >= 0.6 is 0 Å². The molecule has 154 valence electrons. The van der Waals surface area contributed by atoms with Gasteiger partial charge in [-0.3, -0.25) is 0 Å². The highest BCUT2D eigenvalue weighted by Crippen LogP contribution is 2.29. The lowest BCUT2D eigenvalue weighted by Crippen LogP contribution is -2.27. The standard InChI is InChI=1S/C22H20F4O3/c1-27-8-2-3-15-12-28-22(29-13-15)16-10-19(24)17(20(25)11-16)6-4-14-5-7-18(23)21(26)9-14/h5,7,9-11,15,22H,2-3,8,12-13H2,1H3/t15-,22-. The fourth-order valence-electron chi connectivity index (χ4n) is 2.98. The molecule has 0 atom stereocenters. The second-order valence-electron chi connectivity index (χ2n) is 6.74. The molecule has 2 aromatic carbocycles. The summed E-state index contributed by atoms with van der Waals surface area (Å²) in [4.78, 5) is 0. The summed E-state index contributed by atoms with van der Waals surface area (Å²) in [7, 11) is 1.64. The smallest absolute Gasteiger partial charge is 0.184 e. The molecular weight excluding hydrogens is 388 g/mol. The van der Waals surface area contributed by atoms with Gasteiger partial charge in [0.15, 0.2) is 17.9 Å².